The summed E-state index contributed by atoms with van der Waals surface area (Å²) in [6, 6.07) is 26.9. The number of rotatable bonds is 6. The maximum absolute atomic E-state index is 13.4. The molecule has 33 heavy (non-hydrogen) atoms. The second-order valence-electron chi connectivity index (χ2n) is 7.79. The molecule has 3 aromatic carbocycles. The second-order valence-corrected chi connectivity index (χ2v) is 7.79. The maximum atomic E-state index is 13.4. The first-order valence-electron chi connectivity index (χ1n) is 10.6. The van der Waals surface area contributed by atoms with E-state index in [9.17, 15) is 14.4 Å². The van der Waals surface area contributed by atoms with Gasteiger partial charge in [0.05, 0.1) is 11.7 Å². The van der Waals surface area contributed by atoms with Crippen molar-refractivity contribution in [2.45, 2.75) is 19.5 Å². The van der Waals surface area contributed by atoms with Gasteiger partial charge in [0.2, 0.25) is 5.69 Å². The fraction of sp³-hybridized carbons (Fsp3) is 0.154. The van der Waals surface area contributed by atoms with Crippen LogP contribution in [0.4, 0.5) is 0 Å². The zero-order valence-electron chi connectivity index (χ0n) is 18.5. The highest BCUT2D eigenvalue weighted by atomic mass is 16.2. The van der Waals surface area contributed by atoms with Crippen LogP contribution in [-0.4, -0.2) is 32.2 Å². The van der Waals surface area contributed by atoms with E-state index in [1.54, 1.807) is 38.2 Å². The summed E-state index contributed by atoms with van der Waals surface area (Å²) in [6.07, 6.45) is 0. The van der Waals surface area contributed by atoms with Crippen LogP contribution in [0, 0.1) is 0 Å². The van der Waals surface area contributed by atoms with Crippen molar-refractivity contribution in [3.8, 4) is 5.69 Å². The molecule has 1 atom stereocenters. The smallest absolute Gasteiger partial charge is 0.336 e. The largest absolute Gasteiger partial charge is 0.352 e. The van der Waals surface area contributed by atoms with Gasteiger partial charge >= 0.3 is 5.69 Å². The van der Waals surface area contributed by atoms with Crippen LogP contribution >= 0.6 is 0 Å². The van der Waals surface area contributed by atoms with Gasteiger partial charge in [0.15, 0.2) is 0 Å². The van der Waals surface area contributed by atoms with Crippen molar-refractivity contribution in [1.82, 2.24) is 19.2 Å². The van der Waals surface area contributed by atoms with E-state index in [1.807, 2.05) is 66.7 Å². The van der Waals surface area contributed by atoms with Crippen molar-refractivity contribution in [3.63, 3.8) is 0 Å². The molecule has 7 heteroatoms. The number of hydrogen-bond donors (Lipinski definition) is 0. The zero-order valence-corrected chi connectivity index (χ0v) is 18.5. The molecule has 0 N–H and O–H groups in total. The van der Waals surface area contributed by atoms with Gasteiger partial charge in [-0.1, -0.05) is 78.9 Å². The van der Waals surface area contributed by atoms with Gasteiger partial charge in [0, 0.05) is 13.6 Å². The number of amides is 1. The van der Waals surface area contributed by atoms with E-state index in [0.29, 0.717) is 12.2 Å². The second kappa shape index (κ2) is 9.48. The minimum absolute atomic E-state index is 0.305. The van der Waals surface area contributed by atoms with Crippen molar-refractivity contribution >= 4 is 5.91 Å². The van der Waals surface area contributed by atoms with Gasteiger partial charge in [0.1, 0.15) is 0 Å². The zero-order chi connectivity index (χ0) is 23.4. The SMILES string of the molecule is CC(c1ccccc1)n1c(=O)c(C(=O)N(C)Cc2ccccc2)nn(-c2ccccc2)c1=O. The van der Waals surface area contributed by atoms with E-state index in [1.165, 1.54) is 4.90 Å². The standard InChI is InChI=1S/C26H24N4O3/c1-19(21-14-8-4-9-15-21)29-25(32)23(24(31)28(2)18-20-12-6-3-7-13-20)27-30(26(29)33)22-16-10-5-11-17-22/h3-17,19H,18H2,1-2H3. The fourth-order valence-electron chi connectivity index (χ4n) is 3.69. The number of aromatic nitrogens is 3. The highest BCUT2D eigenvalue weighted by molar-refractivity contribution is 5.91. The summed E-state index contributed by atoms with van der Waals surface area (Å²) in [5.41, 5.74) is 0.537. The lowest BCUT2D eigenvalue weighted by atomic mass is 10.1. The molecule has 1 heterocycles. The van der Waals surface area contributed by atoms with Gasteiger partial charge in [-0.05, 0) is 30.2 Å². The van der Waals surface area contributed by atoms with Crippen LogP contribution in [0.15, 0.2) is 101 Å². The summed E-state index contributed by atoms with van der Waals surface area (Å²) in [4.78, 5) is 41.5. The van der Waals surface area contributed by atoms with Gasteiger partial charge in [-0.25, -0.2) is 9.36 Å². The third kappa shape index (κ3) is 4.52. The van der Waals surface area contributed by atoms with Crippen LogP contribution in [0.25, 0.3) is 5.69 Å². The van der Waals surface area contributed by atoms with E-state index in [2.05, 4.69) is 5.10 Å². The molecule has 0 saturated heterocycles. The number of para-hydroxylation sites is 1. The highest BCUT2D eigenvalue weighted by Gasteiger charge is 2.25. The van der Waals surface area contributed by atoms with Crippen LogP contribution in [0.1, 0.15) is 34.6 Å². The van der Waals surface area contributed by atoms with E-state index >= 15 is 0 Å². The monoisotopic (exact) mass is 440 g/mol. The minimum atomic E-state index is -0.714. The lowest BCUT2D eigenvalue weighted by Gasteiger charge is -2.20. The molecule has 1 amide bonds. The average molecular weight is 441 g/mol. The summed E-state index contributed by atoms with van der Waals surface area (Å²) in [7, 11) is 1.61. The molecular weight excluding hydrogens is 416 g/mol. The van der Waals surface area contributed by atoms with Crippen molar-refractivity contribution in [2.75, 3.05) is 7.05 Å². The predicted octanol–water partition coefficient (Wildman–Crippen LogP) is 3.28. The molecular formula is C26H24N4O3. The van der Waals surface area contributed by atoms with E-state index < -0.39 is 23.2 Å². The van der Waals surface area contributed by atoms with Gasteiger partial charge in [0.25, 0.3) is 11.5 Å². The summed E-state index contributed by atoms with van der Waals surface area (Å²) in [5.74, 6) is -0.553. The Labute approximate surface area is 191 Å². The Bertz CT molecular complexity index is 1360. The Kier molecular flexibility index (Phi) is 6.31. The van der Waals surface area contributed by atoms with Crippen LogP contribution in [-0.2, 0) is 6.54 Å². The molecule has 0 bridgehead atoms. The third-order valence-corrected chi connectivity index (χ3v) is 5.49. The highest BCUT2D eigenvalue weighted by Crippen LogP contribution is 2.15. The first-order chi connectivity index (χ1) is 16.0. The Morgan fingerprint density at radius 1 is 0.879 bits per heavy atom. The molecule has 7 nitrogen and oxygen atoms in total. The molecule has 0 radical (unpaired) electrons. The van der Waals surface area contributed by atoms with Crippen molar-refractivity contribution in [1.29, 1.82) is 0 Å². The van der Waals surface area contributed by atoms with Crippen LogP contribution < -0.4 is 11.2 Å². The third-order valence-electron chi connectivity index (χ3n) is 5.49. The predicted molar refractivity (Wildman–Crippen MR) is 127 cm³/mol. The molecule has 1 aromatic heterocycles. The first kappa shape index (κ1) is 22.0. The van der Waals surface area contributed by atoms with Crippen molar-refractivity contribution in [3.05, 3.63) is 129 Å². The Morgan fingerprint density at radius 3 is 2.03 bits per heavy atom. The van der Waals surface area contributed by atoms with Crippen LogP contribution in [0.5, 0.6) is 0 Å². The molecule has 0 fully saturated rings. The fourth-order valence-corrected chi connectivity index (χ4v) is 3.69. The van der Waals surface area contributed by atoms with Gasteiger partial charge in [-0.3, -0.25) is 9.59 Å². The Morgan fingerprint density at radius 2 is 1.42 bits per heavy atom. The van der Waals surface area contributed by atoms with Crippen molar-refractivity contribution < 1.29 is 4.79 Å². The number of hydrogen-bond acceptors (Lipinski definition) is 4. The van der Waals surface area contributed by atoms with Gasteiger partial charge in [-0.2, -0.15) is 9.78 Å². The Balaban J connectivity index is 1.85. The first-order valence-corrected chi connectivity index (χ1v) is 10.6. The summed E-state index contributed by atoms with van der Waals surface area (Å²) in [5, 5.41) is 4.22. The number of nitrogens with zero attached hydrogens (tertiary/aromatic N) is 4. The van der Waals surface area contributed by atoms with E-state index in [0.717, 1.165) is 20.4 Å². The summed E-state index contributed by atoms with van der Waals surface area (Å²) >= 11 is 0. The quantitative estimate of drug-likeness (QED) is 0.461. The minimum Gasteiger partial charge on any atom is -0.336 e. The van der Waals surface area contributed by atoms with E-state index in [-0.39, 0.29) is 5.69 Å². The molecule has 166 valence electrons. The molecule has 0 saturated carbocycles. The van der Waals surface area contributed by atoms with Crippen molar-refractivity contribution in [2.24, 2.45) is 0 Å². The number of carbonyl (C=O) groups is 1. The summed E-state index contributed by atoms with van der Waals surface area (Å²) < 4.78 is 2.21. The average Bonchev–Trinajstić information content (AvgIpc) is 2.85. The lowest BCUT2D eigenvalue weighted by Crippen LogP contribution is -2.47. The molecule has 0 aliphatic carbocycles. The van der Waals surface area contributed by atoms with Crippen LogP contribution in [0.2, 0.25) is 0 Å². The molecule has 4 rings (SSSR count). The maximum Gasteiger partial charge on any atom is 0.352 e. The number of benzene rings is 3. The molecule has 4 aromatic rings. The van der Waals surface area contributed by atoms with E-state index in [4.69, 9.17) is 0 Å². The molecule has 0 aliphatic heterocycles. The molecule has 0 spiro atoms. The lowest BCUT2D eigenvalue weighted by molar-refractivity contribution is 0.0773. The Hall–Kier alpha value is -4.26. The molecule has 1 unspecified atom stereocenters. The number of carbonyl (C=O) groups excluding carboxylic acids is 1. The van der Waals surface area contributed by atoms with Crippen LogP contribution in [0.3, 0.4) is 0 Å². The van der Waals surface area contributed by atoms with Gasteiger partial charge in [-0.15, -0.1) is 0 Å². The topological polar surface area (TPSA) is 77.2 Å². The molecule has 0 aliphatic rings. The summed E-state index contributed by atoms with van der Waals surface area (Å²) in [6.45, 7) is 2.06. The van der Waals surface area contributed by atoms with Gasteiger partial charge < -0.3 is 4.90 Å². The normalized spacial score (nSPS) is 11.7.